The van der Waals surface area contributed by atoms with E-state index in [1.54, 1.807) is 0 Å². The van der Waals surface area contributed by atoms with Crippen molar-refractivity contribution in [3.8, 4) is 0 Å². The molecule has 158 valence electrons. The predicted molar refractivity (Wildman–Crippen MR) is 106 cm³/mol. The fourth-order valence-electron chi connectivity index (χ4n) is 5.05. The van der Waals surface area contributed by atoms with E-state index in [9.17, 15) is 0 Å². The number of nitrogens with zero attached hydrogens (tertiary/aromatic N) is 2. The van der Waals surface area contributed by atoms with Crippen LogP contribution in [0.3, 0.4) is 0 Å². The van der Waals surface area contributed by atoms with Crippen molar-refractivity contribution in [2.75, 3.05) is 53.4 Å². The van der Waals surface area contributed by atoms with Gasteiger partial charge < -0.3 is 42.9 Å². The highest BCUT2D eigenvalue weighted by molar-refractivity contribution is 4.54. The van der Waals surface area contributed by atoms with Crippen LogP contribution in [-0.4, -0.2) is 62.3 Å². The Kier molecular flexibility index (Phi) is 15.3. The lowest BCUT2D eigenvalue weighted by atomic mass is 10.0. The third-order valence-corrected chi connectivity index (χ3v) is 6.94. The second kappa shape index (κ2) is 14.8. The minimum absolute atomic E-state index is 0. The summed E-state index contributed by atoms with van der Waals surface area (Å²) in [5.74, 6) is 0. The van der Waals surface area contributed by atoms with Crippen molar-refractivity contribution in [1.29, 1.82) is 0 Å². The van der Waals surface area contributed by atoms with Crippen LogP contribution in [-0.2, 0) is 0 Å². The Morgan fingerprint density at radius 3 is 1.00 bits per heavy atom. The summed E-state index contributed by atoms with van der Waals surface area (Å²) in [6.45, 7) is 8.65. The van der Waals surface area contributed by atoms with E-state index in [-0.39, 0.29) is 34.0 Å². The number of unbranched alkanes of at least 4 members (excludes halogenated alkanes) is 7. The SMILES string of the molecule is C[N+]1(CCCCCCCCCC[N+]2(C)CCCCC2)CCCCC1.[Br-].[Br-]. The maximum absolute atomic E-state index is 2.49. The standard InChI is InChI=1S/C22H46N2.2BrH/c1-23(19-13-9-14-20-23)17-11-7-5-3-4-6-8-12-18-24(2)21-15-10-16-22-24;;/h3-22H2,1-2H3;2*1H/q+2;;/p-2. The first-order valence-corrected chi connectivity index (χ1v) is 11.3. The molecule has 0 aromatic rings. The summed E-state index contributed by atoms with van der Waals surface area (Å²) in [5, 5.41) is 0. The van der Waals surface area contributed by atoms with E-state index in [1.165, 1.54) is 138 Å². The molecule has 2 saturated heterocycles. The topological polar surface area (TPSA) is 0 Å². The highest BCUT2D eigenvalue weighted by atomic mass is 79.9. The second-order valence-electron chi connectivity index (χ2n) is 9.53. The fraction of sp³-hybridized carbons (Fsp3) is 1.00. The van der Waals surface area contributed by atoms with E-state index in [4.69, 9.17) is 0 Å². The van der Waals surface area contributed by atoms with Crippen LogP contribution in [0.25, 0.3) is 0 Å². The van der Waals surface area contributed by atoms with Gasteiger partial charge in [0.05, 0.1) is 53.4 Å². The minimum atomic E-state index is 0. The van der Waals surface area contributed by atoms with E-state index >= 15 is 0 Å². The lowest BCUT2D eigenvalue weighted by Crippen LogP contribution is -3.00. The molecule has 4 heteroatoms. The summed E-state index contributed by atoms with van der Waals surface area (Å²) in [7, 11) is 4.98. The molecule has 0 radical (unpaired) electrons. The lowest BCUT2D eigenvalue weighted by molar-refractivity contribution is -0.914. The van der Waals surface area contributed by atoms with Crippen LogP contribution >= 0.6 is 0 Å². The zero-order chi connectivity index (χ0) is 17.1. The van der Waals surface area contributed by atoms with Crippen LogP contribution in [0.2, 0.25) is 0 Å². The van der Waals surface area contributed by atoms with Gasteiger partial charge in [0.25, 0.3) is 0 Å². The third kappa shape index (κ3) is 11.0. The number of likely N-dealkylation sites (tertiary alicyclic amines) is 2. The number of hydrogen-bond donors (Lipinski definition) is 0. The summed E-state index contributed by atoms with van der Waals surface area (Å²) in [5.41, 5.74) is 0. The molecule has 0 bridgehead atoms. The van der Waals surface area contributed by atoms with Crippen LogP contribution in [0.4, 0.5) is 0 Å². The smallest absolute Gasteiger partial charge is 0.0784 e. The van der Waals surface area contributed by atoms with Crippen molar-refractivity contribution in [3.63, 3.8) is 0 Å². The molecule has 26 heavy (non-hydrogen) atoms. The Labute approximate surface area is 185 Å². The average Bonchev–Trinajstić information content (AvgIpc) is 2.58. The largest absolute Gasteiger partial charge is 1.00 e. The molecule has 0 spiro atoms. The summed E-state index contributed by atoms with van der Waals surface area (Å²) >= 11 is 0. The van der Waals surface area contributed by atoms with Gasteiger partial charge in [-0.3, -0.25) is 0 Å². The van der Waals surface area contributed by atoms with E-state index in [0.717, 1.165) is 0 Å². The van der Waals surface area contributed by atoms with Crippen LogP contribution in [0, 0.1) is 0 Å². The molecule has 0 unspecified atom stereocenters. The van der Waals surface area contributed by atoms with Crippen LogP contribution < -0.4 is 34.0 Å². The molecule has 0 aliphatic carbocycles. The first kappa shape index (κ1) is 26.9. The maximum atomic E-state index is 2.49. The molecule has 0 saturated carbocycles. The summed E-state index contributed by atoms with van der Waals surface area (Å²) in [6, 6.07) is 0. The van der Waals surface area contributed by atoms with Gasteiger partial charge in [0.2, 0.25) is 0 Å². The Bertz CT molecular complexity index is 292. The van der Waals surface area contributed by atoms with Gasteiger partial charge >= 0.3 is 0 Å². The zero-order valence-corrected chi connectivity index (χ0v) is 21.0. The molecule has 0 N–H and O–H groups in total. The van der Waals surface area contributed by atoms with Gasteiger partial charge in [0.1, 0.15) is 0 Å². The van der Waals surface area contributed by atoms with Gasteiger partial charge in [-0.15, -0.1) is 0 Å². The molecule has 2 nitrogen and oxygen atoms in total. The van der Waals surface area contributed by atoms with Gasteiger partial charge in [-0.25, -0.2) is 0 Å². The predicted octanol–water partition coefficient (Wildman–Crippen LogP) is -0.624. The highest BCUT2D eigenvalue weighted by Crippen LogP contribution is 2.19. The van der Waals surface area contributed by atoms with E-state index in [1.807, 2.05) is 0 Å². The first-order valence-electron chi connectivity index (χ1n) is 11.3. The molecule has 0 aromatic carbocycles. The van der Waals surface area contributed by atoms with Crippen molar-refractivity contribution < 1.29 is 42.9 Å². The quantitative estimate of drug-likeness (QED) is 0.263. The Morgan fingerprint density at radius 1 is 0.423 bits per heavy atom. The normalized spacial score (nSPS) is 21.5. The van der Waals surface area contributed by atoms with Gasteiger partial charge in [0.15, 0.2) is 0 Å². The van der Waals surface area contributed by atoms with Crippen LogP contribution in [0.15, 0.2) is 0 Å². The van der Waals surface area contributed by atoms with Crippen molar-refractivity contribution in [2.24, 2.45) is 0 Å². The number of rotatable bonds is 11. The van der Waals surface area contributed by atoms with E-state index in [2.05, 4.69) is 14.1 Å². The first-order chi connectivity index (χ1) is 11.6. The molecular weight excluding hydrogens is 452 g/mol. The molecule has 0 aromatic heterocycles. The Morgan fingerprint density at radius 2 is 0.692 bits per heavy atom. The van der Waals surface area contributed by atoms with Crippen molar-refractivity contribution in [3.05, 3.63) is 0 Å². The van der Waals surface area contributed by atoms with Crippen LogP contribution in [0.1, 0.15) is 89.9 Å². The van der Waals surface area contributed by atoms with Gasteiger partial charge in [-0.05, 0) is 64.2 Å². The molecular formula is C22H46Br2N2. The van der Waals surface area contributed by atoms with E-state index in [0.29, 0.717) is 0 Å². The highest BCUT2D eigenvalue weighted by Gasteiger charge is 2.24. The molecule has 2 heterocycles. The van der Waals surface area contributed by atoms with Crippen molar-refractivity contribution in [2.45, 2.75) is 89.9 Å². The molecule has 2 fully saturated rings. The number of piperidine rings is 2. The lowest BCUT2D eigenvalue weighted by Gasteiger charge is -2.38. The summed E-state index contributed by atoms with van der Waals surface area (Å²) in [6.07, 6.45) is 20.6. The maximum Gasteiger partial charge on any atom is 0.0784 e. The van der Waals surface area contributed by atoms with Gasteiger partial charge in [0, 0.05) is 0 Å². The zero-order valence-electron chi connectivity index (χ0n) is 17.8. The Hall–Kier alpha value is 0.880. The van der Waals surface area contributed by atoms with Crippen LogP contribution in [0.5, 0.6) is 0 Å². The van der Waals surface area contributed by atoms with E-state index < -0.39 is 0 Å². The minimum Gasteiger partial charge on any atom is -1.00 e. The average molecular weight is 498 g/mol. The summed E-state index contributed by atoms with van der Waals surface area (Å²) in [4.78, 5) is 0. The monoisotopic (exact) mass is 496 g/mol. The number of halogens is 2. The second-order valence-corrected chi connectivity index (χ2v) is 9.53. The molecule has 2 aliphatic rings. The van der Waals surface area contributed by atoms with Gasteiger partial charge in [-0.2, -0.15) is 0 Å². The molecule has 0 atom stereocenters. The molecule has 2 rings (SSSR count). The van der Waals surface area contributed by atoms with Crippen molar-refractivity contribution in [1.82, 2.24) is 0 Å². The fourth-order valence-corrected chi connectivity index (χ4v) is 5.05. The summed E-state index contributed by atoms with van der Waals surface area (Å²) < 4.78 is 2.74. The third-order valence-electron chi connectivity index (χ3n) is 6.94. The van der Waals surface area contributed by atoms with Gasteiger partial charge in [-0.1, -0.05) is 25.7 Å². The Balaban J connectivity index is 0.00000312. The molecule has 2 aliphatic heterocycles. The number of quaternary nitrogens is 2. The van der Waals surface area contributed by atoms with Crippen molar-refractivity contribution >= 4 is 0 Å². The molecule has 0 amide bonds. The number of hydrogen-bond acceptors (Lipinski definition) is 0.